The fourth-order valence-electron chi connectivity index (χ4n) is 14.5. The molecule has 66 heavy (non-hydrogen) atoms. The molecular formula is C56H76O10. The molecule has 5 aliphatic carbocycles. The third-order valence-electron chi connectivity index (χ3n) is 17.8. The molecule has 0 amide bonds. The van der Waals surface area contributed by atoms with Crippen molar-refractivity contribution < 1.29 is 48.6 Å². The monoisotopic (exact) mass is 909 g/mol. The number of allylic oxidation sites excluding steroid dienone is 3. The minimum absolute atomic E-state index is 0.0118. The Kier molecular flexibility index (Phi) is 14.4. The van der Waals surface area contributed by atoms with Crippen molar-refractivity contribution in [2.24, 2.45) is 50.7 Å². The van der Waals surface area contributed by atoms with Crippen LogP contribution in [-0.2, 0) is 19.1 Å². The number of methoxy groups -OCH3 is 3. The number of benzene rings is 2. The van der Waals surface area contributed by atoms with Crippen molar-refractivity contribution in [2.75, 3.05) is 21.3 Å². The molecule has 10 atom stereocenters. The van der Waals surface area contributed by atoms with E-state index in [-0.39, 0.29) is 58.4 Å². The predicted octanol–water partition coefficient (Wildman–Crippen LogP) is 12.0. The lowest BCUT2D eigenvalue weighted by Crippen LogP contribution is -2.58. The number of esters is 2. The van der Waals surface area contributed by atoms with Gasteiger partial charge in [0.25, 0.3) is 0 Å². The highest BCUT2D eigenvalue weighted by molar-refractivity contribution is 5.79. The van der Waals surface area contributed by atoms with Crippen LogP contribution in [0.3, 0.4) is 0 Å². The van der Waals surface area contributed by atoms with Gasteiger partial charge in [-0.2, -0.15) is 0 Å². The second-order valence-corrected chi connectivity index (χ2v) is 22.2. The maximum absolute atomic E-state index is 13.4. The lowest BCUT2D eigenvalue weighted by Gasteiger charge is -2.64. The van der Waals surface area contributed by atoms with E-state index in [0.717, 1.165) is 25.7 Å². The summed E-state index contributed by atoms with van der Waals surface area (Å²) in [6.45, 7) is 17.3. The zero-order chi connectivity index (χ0) is 47.8. The first-order valence-corrected chi connectivity index (χ1v) is 24.3. The molecule has 0 heterocycles. The Morgan fingerprint density at radius 2 is 1.38 bits per heavy atom. The van der Waals surface area contributed by atoms with Crippen molar-refractivity contribution in [2.45, 2.75) is 144 Å². The molecule has 0 aliphatic heterocycles. The van der Waals surface area contributed by atoms with Gasteiger partial charge >= 0.3 is 11.9 Å². The Morgan fingerprint density at radius 1 is 0.727 bits per heavy atom. The van der Waals surface area contributed by atoms with Crippen LogP contribution in [0.1, 0.15) is 137 Å². The molecule has 2 aromatic carbocycles. The van der Waals surface area contributed by atoms with Crippen molar-refractivity contribution in [3.8, 4) is 23.0 Å². The summed E-state index contributed by atoms with van der Waals surface area (Å²) in [5, 5.41) is 30.6. The van der Waals surface area contributed by atoms with Crippen LogP contribution in [0.15, 0.2) is 72.0 Å². The van der Waals surface area contributed by atoms with Gasteiger partial charge in [0.05, 0.1) is 39.3 Å². The number of aliphatic hydroxyl groups is 2. The molecule has 4 fully saturated rings. The first-order chi connectivity index (χ1) is 31.2. The highest BCUT2D eigenvalue weighted by Crippen LogP contribution is 2.70. The number of phenolic OH excluding ortho intramolecular Hbond substituents is 1. The summed E-state index contributed by atoms with van der Waals surface area (Å²) in [6, 6.07) is 9.74. The first kappa shape index (κ1) is 49.4. The van der Waals surface area contributed by atoms with E-state index in [1.165, 1.54) is 77.0 Å². The standard InChI is InChI=1S/C56H76O10/c1-52(2)46-25-28-54(5)34-37-15-21-45-53(3,4)49(27-29-55(45,6)40(37)18-22-47(54)56(46,7)30-26-48(52)64-10)66-51(61)24-23-50(60)65-42-20-14-36(32-44(42)63-9)12-17-39(58)33-38(57)16-11-35-13-19-41(59)43(31-35)62-8/h11-17,19-20,31-33,38,40,45-49,57-59H,18,21-30,34H2,1-10H3/b16-11+,17-12+,39-33-/t38?,40-,45-,46-,47-,48+,49+,54-,55+,56-/m0/s1. The largest absolute Gasteiger partial charge is 0.508 e. The number of hydrogen-bond donors (Lipinski definition) is 3. The number of aliphatic hydroxyl groups excluding tert-OH is 2. The third-order valence-corrected chi connectivity index (χ3v) is 17.8. The quantitative estimate of drug-likeness (QED) is 0.0585. The van der Waals surface area contributed by atoms with Crippen molar-refractivity contribution in [3.63, 3.8) is 0 Å². The van der Waals surface area contributed by atoms with Gasteiger partial charge in [-0.25, -0.2) is 0 Å². The number of fused-ring (bicyclic) bond motifs is 6. The smallest absolute Gasteiger partial charge is 0.311 e. The van der Waals surface area contributed by atoms with Crippen LogP contribution >= 0.6 is 0 Å². The van der Waals surface area contributed by atoms with E-state index in [1.54, 1.807) is 48.1 Å². The minimum Gasteiger partial charge on any atom is -0.508 e. The van der Waals surface area contributed by atoms with E-state index in [0.29, 0.717) is 63.2 Å². The van der Waals surface area contributed by atoms with Crippen LogP contribution in [0.25, 0.3) is 12.2 Å². The van der Waals surface area contributed by atoms with E-state index >= 15 is 0 Å². The number of hydrogen-bond acceptors (Lipinski definition) is 10. The molecule has 5 aliphatic rings. The second kappa shape index (κ2) is 19.2. The van der Waals surface area contributed by atoms with E-state index in [9.17, 15) is 24.9 Å². The molecule has 3 N–H and O–H groups in total. The van der Waals surface area contributed by atoms with Crippen LogP contribution < -0.4 is 14.2 Å². The highest BCUT2D eigenvalue weighted by Gasteiger charge is 2.63. The molecule has 360 valence electrons. The van der Waals surface area contributed by atoms with Gasteiger partial charge in [0.1, 0.15) is 11.9 Å². The summed E-state index contributed by atoms with van der Waals surface area (Å²) in [5.41, 5.74) is 3.74. The SMILES string of the molecule is COc1cc(/C=C/C(O)/C=C(O)/C=C/c2ccc(OC(=O)CCC(=O)O[C@@H]3CC[C@]4(C)[C@H]5CC[C@H]6[C@@](C)(CC[C@H]7C(C)(C)[C@H](OC)CC[C@@]76C)CC5=CC[C@H]4C3(C)C)c(OC)c2)ccc1O. The molecule has 0 bridgehead atoms. The zero-order valence-corrected chi connectivity index (χ0v) is 41.2. The molecule has 1 unspecified atom stereocenters. The average Bonchev–Trinajstić information content (AvgIpc) is 3.43. The molecule has 0 saturated heterocycles. The minimum atomic E-state index is -1.08. The Labute approximate surface area is 393 Å². The summed E-state index contributed by atoms with van der Waals surface area (Å²) >= 11 is 0. The van der Waals surface area contributed by atoms with Crippen LogP contribution in [0.4, 0.5) is 0 Å². The molecular weight excluding hydrogens is 833 g/mol. The van der Waals surface area contributed by atoms with Gasteiger partial charge in [-0.15, -0.1) is 0 Å². The van der Waals surface area contributed by atoms with E-state index < -0.39 is 12.1 Å². The topological polar surface area (TPSA) is 141 Å². The summed E-state index contributed by atoms with van der Waals surface area (Å²) in [7, 11) is 4.82. The number of carbonyl (C=O) groups is 2. The fraction of sp³-hybridized carbons (Fsp3) is 0.607. The van der Waals surface area contributed by atoms with Gasteiger partial charge in [-0.3, -0.25) is 9.59 Å². The van der Waals surface area contributed by atoms with Crippen LogP contribution in [0, 0.1) is 50.7 Å². The van der Waals surface area contributed by atoms with E-state index in [1.807, 2.05) is 7.11 Å². The van der Waals surface area contributed by atoms with Crippen LogP contribution in [-0.4, -0.2) is 66.9 Å². The summed E-state index contributed by atoms with van der Waals surface area (Å²) in [6.07, 6.45) is 20.4. The maximum atomic E-state index is 13.4. The molecule has 0 aromatic heterocycles. The lowest BCUT2D eigenvalue weighted by molar-refractivity contribution is -0.178. The highest BCUT2D eigenvalue weighted by atomic mass is 16.6. The Balaban J connectivity index is 0.920. The van der Waals surface area contributed by atoms with E-state index in [4.69, 9.17) is 23.7 Å². The van der Waals surface area contributed by atoms with Crippen molar-refractivity contribution >= 4 is 24.1 Å². The summed E-state index contributed by atoms with van der Waals surface area (Å²) in [4.78, 5) is 26.5. The Hall–Kier alpha value is -4.54. The van der Waals surface area contributed by atoms with Gasteiger partial charge in [0.2, 0.25) is 0 Å². The van der Waals surface area contributed by atoms with Gasteiger partial charge < -0.3 is 39.0 Å². The van der Waals surface area contributed by atoms with E-state index in [2.05, 4.69) is 54.5 Å². The number of aromatic hydroxyl groups is 1. The Morgan fingerprint density at radius 3 is 2.11 bits per heavy atom. The van der Waals surface area contributed by atoms with Crippen LogP contribution in [0.5, 0.6) is 23.0 Å². The third kappa shape index (κ3) is 9.60. The second-order valence-electron chi connectivity index (χ2n) is 22.2. The lowest BCUT2D eigenvalue weighted by atomic mass is 9.42. The Bertz CT molecular complexity index is 2230. The fourth-order valence-corrected chi connectivity index (χ4v) is 14.5. The molecule has 7 rings (SSSR count). The van der Waals surface area contributed by atoms with Crippen molar-refractivity contribution in [3.05, 3.63) is 83.2 Å². The van der Waals surface area contributed by atoms with Gasteiger partial charge in [0, 0.05) is 12.5 Å². The van der Waals surface area contributed by atoms with Crippen molar-refractivity contribution in [1.82, 2.24) is 0 Å². The zero-order valence-electron chi connectivity index (χ0n) is 41.2. The molecule has 0 spiro atoms. The average molecular weight is 909 g/mol. The van der Waals surface area contributed by atoms with Crippen molar-refractivity contribution in [1.29, 1.82) is 0 Å². The number of carbonyl (C=O) groups excluding carboxylic acids is 2. The molecule has 10 nitrogen and oxygen atoms in total. The number of phenols is 1. The predicted molar refractivity (Wildman–Crippen MR) is 258 cm³/mol. The maximum Gasteiger partial charge on any atom is 0.311 e. The molecule has 4 saturated carbocycles. The molecule has 0 radical (unpaired) electrons. The number of rotatable bonds is 13. The van der Waals surface area contributed by atoms with Crippen LogP contribution in [0.2, 0.25) is 0 Å². The van der Waals surface area contributed by atoms with Gasteiger partial charge in [-0.1, -0.05) is 90.5 Å². The first-order valence-electron chi connectivity index (χ1n) is 24.3. The van der Waals surface area contributed by atoms with Gasteiger partial charge in [-0.05, 0) is 157 Å². The normalized spacial score (nSPS) is 33.0. The molecule has 2 aromatic rings. The van der Waals surface area contributed by atoms with Gasteiger partial charge in [0.15, 0.2) is 23.0 Å². The number of ether oxygens (including phenoxy) is 5. The summed E-state index contributed by atoms with van der Waals surface area (Å²) in [5.74, 6) is 1.99. The molecule has 10 heteroatoms. The summed E-state index contributed by atoms with van der Waals surface area (Å²) < 4.78 is 28.6.